The van der Waals surface area contributed by atoms with E-state index in [0.717, 1.165) is 44.2 Å². The molecule has 9 nitrogen and oxygen atoms in total. The van der Waals surface area contributed by atoms with Crippen molar-refractivity contribution in [3.8, 4) is 11.5 Å². The van der Waals surface area contributed by atoms with Crippen LogP contribution in [0.15, 0.2) is 36.4 Å². The van der Waals surface area contributed by atoms with Crippen LogP contribution in [-0.2, 0) is 11.3 Å². The van der Waals surface area contributed by atoms with E-state index in [1.165, 1.54) is 17.7 Å². The fourth-order valence-corrected chi connectivity index (χ4v) is 3.91. The summed E-state index contributed by atoms with van der Waals surface area (Å²) < 4.78 is 10.8. The maximum atomic E-state index is 12.7. The molecule has 0 saturated carbocycles. The van der Waals surface area contributed by atoms with Gasteiger partial charge in [-0.3, -0.25) is 24.7 Å². The van der Waals surface area contributed by atoms with Gasteiger partial charge in [0.2, 0.25) is 12.7 Å². The number of nitro groups is 1. The highest BCUT2D eigenvalue weighted by Crippen LogP contribution is 2.33. The number of carbonyl (C=O) groups excluding carboxylic acids is 1. The van der Waals surface area contributed by atoms with E-state index >= 15 is 0 Å². The number of fused-ring (bicyclic) bond motifs is 1. The van der Waals surface area contributed by atoms with Crippen LogP contribution in [0.2, 0.25) is 0 Å². The van der Waals surface area contributed by atoms with Crippen LogP contribution in [0.1, 0.15) is 18.1 Å². The van der Waals surface area contributed by atoms with E-state index in [1.807, 2.05) is 19.1 Å². The number of piperazine rings is 1. The highest BCUT2D eigenvalue weighted by molar-refractivity contribution is 5.95. The molecule has 9 heteroatoms. The van der Waals surface area contributed by atoms with E-state index in [9.17, 15) is 14.9 Å². The second-order valence-corrected chi connectivity index (χ2v) is 7.92. The van der Waals surface area contributed by atoms with Crippen LogP contribution in [-0.4, -0.2) is 59.6 Å². The van der Waals surface area contributed by atoms with Gasteiger partial charge in [-0.1, -0.05) is 6.07 Å². The minimum atomic E-state index is -0.440. The Kier molecular flexibility index (Phi) is 6.06. The summed E-state index contributed by atoms with van der Waals surface area (Å²) in [4.78, 5) is 27.7. The molecule has 4 rings (SSSR count). The number of hydrogen-bond donors (Lipinski definition) is 1. The zero-order valence-corrected chi connectivity index (χ0v) is 17.7. The third-order valence-electron chi connectivity index (χ3n) is 5.86. The average molecular weight is 426 g/mol. The molecule has 1 saturated heterocycles. The first-order valence-corrected chi connectivity index (χ1v) is 10.3. The second kappa shape index (κ2) is 8.91. The van der Waals surface area contributed by atoms with Gasteiger partial charge in [-0.2, -0.15) is 0 Å². The Labute approximate surface area is 180 Å². The summed E-state index contributed by atoms with van der Waals surface area (Å²) in [5.74, 6) is 1.47. The lowest BCUT2D eigenvalue weighted by Crippen LogP contribution is -2.52. The van der Waals surface area contributed by atoms with Crippen molar-refractivity contribution in [3.63, 3.8) is 0 Å². The Balaban J connectivity index is 1.29. The number of aryl methyl sites for hydroxylation is 1. The smallest absolute Gasteiger partial charge is 0.269 e. The fraction of sp³-hybridized carbons (Fsp3) is 0.409. The molecule has 2 aromatic rings. The number of hydrogen-bond acceptors (Lipinski definition) is 7. The zero-order chi connectivity index (χ0) is 22.0. The number of ether oxygens (including phenoxy) is 2. The van der Waals surface area contributed by atoms with Crippen molar-refractivity contribution in [1.82, 2.24) is 9.80 Å². The van der Waals surface area contributed by atoms with Crippen LogP contribution in [0.4, 0.5) is 11.4 Å². The summed E-state index contributed by atoms with van der Waals surface area (Å²) in [5.41, 5.74) is 2.46. The van der Waals surface area contributed by atoms with Gasteiger partial charge in [0.25, 0.3) is 5.69 Å². The zero-order valence-electron chi connectivity index (χ0n) is 17.7. The predicted molar refractivity (Wildman–Crippen MR) is 115 cm³/mol. The van der Waals surface area contributed by atoms with Crippen molar-refractivity contribution in [1.29, 1.82) is 0 Å². The summed E-state index contributed by atoms with van der Waals surface area (Å²) in [6.07, 6.45) is 0. The maximum Gasteiger partial charge on any atom is 0.269 e. The van der Waals surface area contributed by atoms with Gasteiger partial charge in [-0.05, 0) is 43.2 Å². The first-order chi connectivity index (χ1) is 14.9. The monoisotopic (exact) mass is 426 g/mol. The van der Waals surface area contributed by atoms with E-state index < -0.39 is 4.92 Å². The quantitative estimate of drug-likeness (QED) is 0.560. The van der Waals surface area contributed by atoms with Crippen molar-refractivity contribution in [3.05, 3.63) is 57.6 Å². The standard InChI is InChI=1S/C22H26N4O5/c1-15-11-18(26(28)29)4-5-19(15)23-22(27)16(2)25-9-7-24(8-10-25)13-17-3-6-20-21(12-17)31-14-30-20/h3-6,11-12,16H,7-10,13-14H2,1-2H3,(H,23,27)/t16-/m1/s1. The number of carbonyl (C=O) groups is 1. The van der Waals surface area contributed by atoms with Crippen LogP contribution < -0.4 is 14.8 Å². The molecule has 1 atom stereocenters. The number of amides is 1. The van der Waals surface area contributed by atoms with Crippen LogP contribution in [0.25, 0.3) is 0 Å². The van der Waals surface area contributed by atoms with Crippen LogP contribution in [0.3, 0.4) is 0 Å². The lowest BCUT2D eigenvalue weighted by atomic mass is 10.1. The largest absolute Gasteiger partial charge is 0.454 e. The maximum absolute atomic E-state index is 12.7. The molecule has 31 heavy (non-hydrogen) atoms. The Morgan fingerprint density at radius 2 is 1.87 bits per heavy atom. The predicted octanol–water partition coefficient (Wildman–Crippen LogP) is 2.78. The molecule has 0 spiro atoms. The van der Waals surface area contributed by atoms with Crippen molar-refractivity contribution < 1.29 is 19.2 Å². The van der Waals surface area contributed by atoms with Crippen LogP contribution >= 0.6 is 0 Å². The summed E-state index contributed by atoms with van der Waals surface area (Å²) in [6, 6.07) is 10.2. The Hall–Kier alpha value is -3.17. The number of non-ortho nitro benzene ring substituents is 1. The number of benzene rings is 2. The number of nitrogens with one attached hydrogen (secondary N) is 1. The van der Waals surface area contributed by atoms with Crippen LogP contribution in [0.5, 0.6) is 11.5 Å². The SMILES string of the molecule is Cc1cc([N+](=O)[O-])ccc1NC(=O)[C@@H](C)N1CCN(Cc2ccc3c(c2)OCO3)CC1. The number of nitrogens with zero attached hydrogens (tertiary/aromatic N) is 3. The number of rotatable bonds is 6. The molecular weight excluding hydrogens is 400 g/mol. The van der Waals surface area contributed by atoms with Gasteiger partial charge in [0, 0.05) is 50.5 Å². The lowest BCUT2D eigenvalue weighted by Gasteiger charge is -2.37. The van der Waals surface area contributed by atoms with Gasteiger partial charge in [0.1, 0.15) is 0 Å². The van der Waals surface area contributed by atoms with Crippen molar-refractivity contribution in [2.75, 3.05) is 38.3 Å². The van der Waals surface area contributed by atoms with E-state index in [1.54, 1.807) is 13.0 Å². The summed E-state index contributed by atoms with van der Waals surface area (Å²) in [6.45, 7) is 8.05. The topological polar surface area (TPSA) is 97.2 Å². The van der Waals surface area contributed by atoms with Gasteiger partial charge >= 0.3 is 0 Å². The molecule has 2 aromatic carbocycles. The first kappa shape index (κ1) is 21.1. The van der Waals surface area contributed by atoms with Crippen molar-refractivity contribution in [2.45, 2.75) is 26.4 Å². The Bertz CT molecular complexity index is 988. The van der Waals surface area contributed by atoms with Crippen LogP contribution in [0, 0.1) is 17.0 Å². The molecule has 1 amide bonds. The molecule has 2 aliphatic heterocycles. The van der Waals surface area contributed by atoms with Gasteiger partial charge in [0.05, 0.1) is 11.0 Å². The summed E-state index contributed by atoms with van der Waals surface area (Å²) in [7, 11) is 0. The van der Waals surface area contributed by atoms with Crippen molar-refractivity contribution >= 4 is 17.3 Å². The van der Waals surface area contributed by atoms with Gasteiger partial charge in [0.15, 0.2) is 11.5 Å². The third kappa shape index (κ3) is 4.78. The minimum Gasteiger partial charge on any atom is -0.454 e. The molecule has 2 heterocycles. The Morgan fingerprint density at radius 3 is 2.58 bits per heavy atom. The van der Waals surface area contributed by atoms with E-state index in [-0.39, 0.29) is 24.4 Å². The number of nitro benzene ring substituents is 1. The minimum absolute atomic E-state index is 0.0159. The van der Waals surface area contributed by atoms with Gasteiger partial charge in [-0.25, -0.2) is 0 Å². The van der Waals surface area contributed by atoms with E-state index in [4.69, 9.17) is 9.47 Å². The average Bonchev–Trinajstić information content (AvgIpc) is 3.23. The molecule has 0 aromatic heterocycles. The molecule has 0 bridgehead atoms. The van der Waals surface area contributed by atoms with Gasteiger partial charge in [-0.15, -0.1) is 0 Å². The number of anilines is 1. The highest BCUT2D eigenvalue weighted by atomic mass is 16.7. The molecule has 0 radical (unpaired) electrons. The Morgan fingerprint density at radius 1 is 1.13 bits per heavy atom. The summed E-state index contributed by atoms with van der Waals surface area (Å²) >= 11 is 0. The molecular formula is C22H26N4O5. The molecule has 0 aliphatic carbocycles. The van der Waals surface area contributed by atoms with E-state index in [2.05, 4.69) is 21.2 Å². The first-order valence-electron chi connectivity index (χ1n) is 10.3. The highest BCUT2D eigenvalue weighted by Gasteiger charge is 2.26. The van der Waals surface area contributed by atoms with Gasteiger partial charge < -0.3 is 14.8 Å². The second-order valence-electron chi connectivity index (χ2n) is 7.92. The summed E-state index contributed by atoms with van der Waals surface area (Å²) in [5, 5.41) is 13.8. The fourth-order valence-electron chi connectivity index (χ4n) is 3.91. The van der Waals surface area contributed by atoms with Crippen molar-refractivity contribution in [2.24, 2.45) is 0 Å². The molecule has 2 aliphatic rings. The lowest BCUT2D eigenvalue weighted by molar-refractivity contribution is -0.384. The normalized spacial score (nSPS) is 17.4. The van der Waals surface area contributed by atoms with E-state index in [0.29, 0.717) is 11.3 Å². The molecule has 1 fully saturated rings. The molecule has 164 valence electrons. The molecule has 0 unspecified atom stereocenters. The third-order valence-corrected chi connectivity index (χ3v) is 5.86. The molecule has 1 N–H and O–H groups in total.